The van der Waals surface area contributed by atoms with Crippen LogP contribution in [-0.2, 0) is 6.18 Å². The number of thioether (sulfide) groups is 2. The van der Waals surface area contributed by atoms with Crippen molar-refractivity contribution in [1.29, 1.82) is 0 Å². The standard InChI is InChI=1S/C21H22F4N4S2/c1-13-10-15(14(2)31-18(26-3)20(22)5-8-30-9-6-20)12-16(11-13)28-19-27-7-4-17(29-19)21(23,24)25/h4,7,10-12H,2,5-6,8-9H2,1,3H3,(H,27,28,29). The highest BCUT2D eigenvalue weighted by molar-refractivity contribution is 8.21. The highest BCUT2D eigenvalue weighted by atomic mass is 32.2. The van der Waals surface area contributed by atoms with Crippen molar-refractivity contribution in [3.8, 4) is 0 Å². The second-order valence-corrected chi connectivity index (χ2v) is 9.42. The van der Waals surface area contributed by atoms with Crippen molar-refractivity contribution < 1.29 is 17.6 Å². The number of anilines is 2. The van der Waals surface area contributed by atoms with Gasteiger partial charge >= 0.3 is 6.18 Å². The first kappa shape index (κ1) is 23.6. The molecule has 4 nitrogen and oxygen atoms in total. The average molecular weight is 471 g/mol. The van der Waals surface area contributed by atoms with Crippen molar-refractivity contribution in [3.05, 3.63) is 53.9 Å². The Bertz CT molecular complexity index is 986. The van der Waals surface area contributed by atoms with Crippen molar-refractivity contribution >= 4 is 45.1 Å². The second kappa shape index (κ2) is 9.60. The van der Waals surface area contributed by atoms with Gasteiger partial charge in [-0.2, -0.15) is 24.9 Å². The lowest BCUT2D eigenvalue weighted by molar-refractivity contribution is -0.141. The SMILES string of the molecule is C=C(SC(=NC)C1(F)CCSCC1)c1cc(C)cc(Nc2nccc(C(F)(F)F)n2)c1. The van der Waals surface area contributed by atoms with Crippen LogP contribution in [0.3, 0.4) is 0 Å². The number of benzene rings is 1. The van der Waals surface area contributed by atoms with Crippen molar-refractivity contribution in [2.45, 2.75) is 31.6 Å². The van der Waals surface area contributed by atoms with E-state index < -0.39 is 17.5 Å². The minimum absolute atomic E-state index is 0.164. The minimum atomic E-state index is -4.56. The van der Waals surface area contributed by atoms with E-state index in [2.05, 4.69) is 26.9 Å². The third-order valence-electron chi connectivity index (χ3n) is 4.69. The molecule has 0 saturated carbocycles. The summed E-state index contributed by atoms with van der Waals surface area (Å²) in [5.41, 5.74) is -0.400. The van der Waals surface area contributed by atoms with Crippen LogP contribution in [0.25, 0.3) is 4.91 Å². The highest BCUT2D eigenvalue weighted by Gasteiger charge is 2.38. The summed E-state index contributed by atoms with van der Waals surface area (Å²) < 4.78 is 54.1. The van der Waals surface area contributed by atoms with Gasteiger partial charge in [0.15, 0.2) is 5.67 Å². The van der Waals surface area contributed by atoms with E-state index in [1.54, 1.807) is 30.9 Å². The van der Waals surface area contributed by atoms with Crippen LogP contribution in [0, 0.1) is 6.92 Å². The summed E-state index contributed by atoms with van der Waals surface area (Å²) in [5, 5.41) is 3.21. The molecule has 0 spiro atoms. The fraction of sp³-hybridized carbons (Fsp3) is 0.381. The average Bonchev–Trinajstić information content (AvgIpc) is 2.71. The van der Waals surface area contributed by atoms with E-state index in [9.17, 15) is 13.2 Å². The van der Waals surface area contributed by atoms with Crippen molar-refractivity contribution in [3.63, 3.8) is 0 Å². The van der Waals surface area contributed by atoms with Gasteiger partial charge in [0.05, 0.1) is 0 Å². The molecule has 0 aliphatic carbocycles. The molecular formula is C21H22F4N4S2. The van der Waals surface area contributed by atoms with E-state index in [4.69, 9.17) is 0 Å². The zero-order valence-corrected chi connectivity index (χ0v) is 18.7. The highest BCUT2D eigenvalue weighted by Crippen LogP contribution is 2.40. The molecule has 166 valence electrons. The molecule has 31 heavy (non-hydrogen) atoms. The Morgan fingerprint density at radius 1 is 1.26 bits per heavy atom. The van der Waals surface area contributed by atoms with Crippen LogP contribution in [-0.4, -0.2) is 39.2 Å². The summed E-state index contributed by atoms with van der Waals surface area (Å²) in [4.78, 5) is 12.2. The summed E-state index contributed by atoms with van der Waals surface area (Å²) >= 11 is 2.93. The number of rotatable bonds is 5. The molecule has 0 bridgehead atoms. The molecule has 0 unspecified atom stereocenters. The number of hydrogen-bond acceptors (Lipinski definition) is 6. The maximum Gasteiger partial charge on any atom is 0.433 e. The lowest BCUT2D eigenvalue weighted by Crippen LogP contribution is -2.36. The zero-order valence-electron chi connectivity index (χ0n) is 17.1. The number of hydrogen-bond donors (Lipinski definition) is 1. The van der Waals surface area contributed by atoms with E-state index in [1.807, 2.05) is 13.0 Å². The van der Waals surface area contributed by atoms with Gasteiger partial charge in [-0.1, -0.05) is 24.4 Å². The number of nitrogens with zero attached hydrogens (tertiary/aromatic N) is 3. The quantitative estimate of drug-likeness (QED) is 0.306. The van der Waals surface area contributed by atoms with Gasteiger partial charge in [-0.15, -0.1) is 0 Å². The molecule has 1 aromatic carbocycles. The van der Waals surface area contributed by atoms with Crippen LogP contribution in [0.5, 0.6) is 0 Å². The van der Waals surface area contributed by atoms with Crippen LogP contribution in [0.15, 0.2) is 42.0 Å². The van der Waals surface area contributed by atoms with Gasteiger partial charge in [0, 0.05) is 23.8 Å². The van der Waals surface area contributed by atoms with E-state index in [0.717, 1.165) is 34.9 Å². The third-order valence-corrected chi connectivity index (χ3v) is 6.90. The molecular weight excluding hydrogens is 448 g/mol. The molecule has 1 aromatic heterocycles. The molecule has 2 heterocycles. The fourth-order valence-electron chi connectivity index (χ4n) is 3.14. The number of halogens is 4. The minimum Gasteiger partial charge on any atom is -0.324 e. The number of aromatic nitrogens is 2. The van der Waals surface area contributed by atoms with Crippen molar-refractivity contribution in [2.75, 3.05) is 23.9 Å². The van der Waals surface area contributed by atoms with Gasteiger partial charge in [0.1, 0.15) is 10.7 Å². The Hall–Kier alpha value is -2.07. The van der Waals surface area contributed by atoms with E-state index in [1.165, 1.54) is 11.8 Å². The number of aliphatic imine (C=N–C) groups is 1. The Morgan fingerprint density at radius 2 is 1.97 bits per heavy atom. The summed E-state index contributed by atoms with van der Waals surface area (Å²) in [6, 6.07) is 6.17. The van der Waals surface area contributed by atoms with Gasteiger partial charge in [0.25, 0.3) is 0 Å². The summed E-state index contributed by atoms with van der Waals surface area (Å²) in [5.74, 6) is 1.33. The second-order valence-electron chi connectivity index (χ2n) is 7.11. The number of aryl methyl sites for hydroxylation is 1. The summed E-state index contributed by atoms with van der Waals surface area (Å²) in [6.45, 7) is 5.93. The first-order chi connectivity index (χ1) is 14.6. The van der Waals surface area contributed by atoms with E-state index >= 15 is 4.39 Å². The molecule has 1 saturated heterocycles. The Labute approximate surface area is 187 Å². The van der Waals surface area contributed by atoms with Gasteiger partial charge in [0.2, 0.25) is 5.95 Å². The van der Waals surface area contributed by atoms with Gasteiger partial charge in [-0.3, -0.25) is 4.99 Å². The maximum atomic E-state index is 15.4. The van der Waals surface area contributed by atoms with Gasteiger partial charge < -0.3 is 5.32 Å². The third kappa shape index (κ3) is 6.00. The molecule has 1 aliphatic heterocycles. The molecule has 3 rings (SSSR count). The molecule has 0 amide bonds. The fourth-order valence-corrected chi connectivity index (χ4v) is 5.23. The van der Waals surface area contributed by atoms with Crippen LogP contribution < -0.4 is 5.32 Å². The molecule has 10 heteroatoms. The lowest BCUT2D eigenvalue weighted by atomic mass is 10.0. The molecule has 1 aliphatic rings. The first-order valence-electron chi connectivity index (χ1n) is 9.51. The monoisotopic (exact) mass is 470 g/mol. The van der Waals surface area contributed by atoms with E-state index in [-0.39, 0.29) is 5.95 Å². The Balaban J connectivity index is 1.80. The predicted molar refractivity (Wildman–Crippen MR) is 122 cm³/mol. The molecule has 1 fully saturated rings. The molecule has 1 N–H and O–H groups in total. The van der Waals surface area contributed by atoms with Crippen molar-refractivity contribution in [1.82, 2.24) is 9.97 Å². The smallest absolute Gasteiger partial charge is 0.324 e. The van der Waals surface area contributed by atoms with Gasteiger partial charge in [-0.25, -0.2) is 14.4 Å². The topological polar surface area (TPSA) is 50.2 Å². The predicted octanol–water partition coefficient (Wildman–Crippen LogP) is 6.51. The van der Waals surface area contributed by atoms with E-state index in [0.29, 0.717) is 28.5 Å². The van der Waals surface area contributed by atoms with Crippen LogP contribution in [0.1, 0.15) is 29.7 Å². The van der Waals surface area contributed by atoms with Crippen LogP contribution in [0.4, 0.5) is 29.2 Å². The summed E-state index contributed by atoms with van der Waals surface area (Å²) in [7, 11) is 1.58. The largest absolute Gasteiger partial charge is 0.433 e. The Kier molecular flexibility index (Phi) is 7.31. The Morgan fingerprint density at radius 3 is 2.61 bits per heavy atom. The van der Waals surface area contributed by atoms with Crippen molar-refractivity contribution in [2.24, 2.45) is 4.99 Å². The summed E-state index contributed by atoms with van der Waals surface area (Å²) in [6.07, 6.45) is -2.68. The lowest BCUT2D eigenvalue weighted by Gasteiger charge is -2.30. The molecule has 0 atom stereocenters. The molecule has 0 radical (unpaired) electrons. The zero-order chi connectivity index (χ0) is 22.6. The normalized spacial score (nSPS) is 16.8. The van der Waals surface area contributed by atoms with Crippen LogP contribution in [0.2, 0.25) is 0 Å². The molecule has 2 aromatic rings. The number of alkyl halides is 4. The van der Waals surface area contributed by atoms with Gasteiger partial charge in [-0.05, 0) is 60.6 Å². The number of nitrogens with one attached hydrogen (secondary N) is 1. The van der Waals surface area contributed by atoms with Crippen LogP contribution >= 0.6 is 23.5 Å². The first-order valence-corrected chi connectivity index (χ1v) is 11.5. The maximum absolute atomic E-state index is 15.4.